The van der Waals surface area contributed by atoms with Crippen molar-refractivity contribution in [2.45, 2.75) is 19.8 Å². The van der Waals surface area contributed by atoms with Crippen molar-refractivity contribution in [2.24, 2.45) is 0 Å². The zero-order chi connectivity index (χ0) is 21.9. The van der Waals surface area contributed by atoms with Crippen molar-refractivity contribution < 1.29 is 32.5 Å². The molecule has 1 aromatic carbocycles. The van der Waals surface area contributed by atoms with E-state index in [2.05, 4.69) is 9.72 Å². The van der Waals surface area contributed by atoms with E-state index in [9.17, 15) is 27.9 Å². The lowest BCUT2D eigenvalue weighted by molar-refractivity contribution is -0.274. The third kappa shape index (κ3) is 4.80. The van der Waals surface area contributed by atoms with Crippen LogP contribution >= 0.6 is 0 Å². The normalized spacial score (nSPS) is 11.3. The number of pyridine rings is 1. The molecule has 0 saturated carbocycles. The number of benzene rings is 1. The summed E-state index contributed by atoms with van der Waals surface area (Å²) in [5.74, 6) is -1.47. The number of carbonyl (C=O) groups excluding carboxylic acids is 1. The highest BCUT2D eigenvalue weighted by atomic mass is 19.4. The van der Waals surface area contributed by atoms with Gasteiger partial charge in [0.1, 0.15) is 11.4 Å². The molecule has 0 saturated heterocycles. The molecule has 8 nitrogen and oxygen atoms in total. The first-order chi connectivity index (χ1) is 14.2. The lowest BCUT2D eigenvalue weighted by atomic mass is 10.2. The smallest absolute Gasteiger partial charge is 0.493 e. The lowest BCUT2D eigenvalue weighted by Crippen LogP contribution is -2.23. The number of hydrogen-bond donors (Lipinski definition) is 1. The highest BCUT2D eigenvalue weighted by Crippen LogP contribution is 2.24. The number of ether oxygens (including phenoxy) is 2. The summed E-state index contributed by atoms with van der Waals surface area (Å²) in [5.41, 5.74) is 0.145. The zero-order valence-corrected chi connectivity index (χ0v) is 15.6. The highest BCUT2D eigenvalue weighted by Gasteiger charge is 2.31. The molecule has 0 bridgehead atoms. The maximum atomic E-state index is 12.7. The number of halogens is 3. The van der Waals surface area contributed by atoms with Gasteiger partial charge < -0.3 is 14.6 Å². The molecule has 0 aliphatic carbocycles. The van der Waals surface area contributed by atoms with Crippen molar-refractivity contribution in [3.05, 3.63) is 70.5 Å². The Morgan fingerprint density at radius 1 is 1.20 bits per heavy atom. The van der Waals surface area contributed by atoms with Crippen LogP contribution in [0, 0.1) is 0 Å². The van der Waals surface area contributed by atoms with Gasteiger partial charge in [0.25, 0.3) is 0 Å². The van der Waals surface area contributed by atoms with Crippen LogP contribution in [0.3, 0.4) is 0 Å². The topological polar surface area (TPSA) is 95.6 Å². The summed E-state index contributed by atoms with van der Waals surface area (Å²) in [4.78, 5) is 28.4. The molecule has 30 heavy (non-hydrogen) atoms. The van der Waals surface area contributed by atoms with Gasteiger partial charge in [0.15, 0.2) is 0 Å². The molecule has 0 radical (unpaired) electrons. The third-order valence-electron chi connectivity index (χ3n) is 3.93. The van der Waals surface area contributed by atoms with Gasteiger partial charge in [-0.05, 0) is 48.9 Å². The van der Waals surface area contributed by atoms with E-state index in [0.717, 1.165) is 16.7 Å². The first-order valence-electron chi connectivity index (χ1n) is 8.67. The van der Waals surface area contributed by atoms with E-state index in [-0.39, 0.29) is 24.5 Å². The quantitative estimate of drug-likeness (QED) is 0.613. The summed E-state index contributed by atoms with van der Waals surface area (Å²) < 4.78 is 47.6. The molecule has 158 valence electrons. The van der Waals surface area contributed by atoms with Gasteiger partial charge in [0.05, 0.1) is 25.0 Å². The van der Waals surface area contributed by atoms with E-state index in [4.69, 9.17) is 4.74 Å². The van der Waals surface area contributed by atoms with Crippen molar-refractivity contribution in [1.29, 1.82) is 0 Å². The van der Waals surface area contributed by atoms with Crippen LogP contribution in [0.5, 0.6) is 11.6 Å². The molecule has 0 aliphatic rings. The highest BCUT2D eigenvalue weighted by molar-refractivity contribution is 5.87. The van der Waals surface area contributed by atoms with E-state index in [1.165, 1.54) is 35.2 Å². The van der Waals surface area contributed by atoms with Gasteiger partial charge in [-0.3, -0.25) is 4.57 Å². The summed E-state index contributed by atoms with van der Waals surface area (Å²) in [5, 5.41) is 10.2. The second-order valence-corrected chi connectivity index (χ2v) is 6.04. The van der Waals surface area contributed by atoms with Crippen LogP contribution in [0.15, 0.2) is 53.6 Å². The fourth-order valence-corrected chi connectivity index (χ4v) is 2.72. The average molecular weight is 423 g/mol. The maximum Gasteiger partial charge on any atom is 0.573 e. The van der Waals surface area contributed by atoms with Crippen molar-refractivity contribution >= 4 is 5.97 Å². The minimum atomic E-state index is -4.84. The Kier molecular flexibility index (Phi) is 5.81. The van der Waals surface area contributed by atoms with Crippen LogP contribution in [0.2, 0.25) is 0 Å². The van der Waals surface area contributed by atoms with Gasteiger partial charge >= 0.3 is 18.0 Å². The van der Waals surface area contributed by atoms with Crippen LogP contribution in [-0.2, 0) is 11.3 Å². The minimum Gasteiger partial charge on any atom is -0.493 e. The Bertz CT molecular complexity index is 1100. The minimum absolute atomic E-state index is 0.0174. The molecular formula is C19H16F3N3O5. The molecule has 0 spiro atoms. The fraction of sp³-hybridized carbons (Fsp3) is 0.211. The average Bonchev–Trinajstić information content (AvgIpc) is 2.95. The molecule has 3 aromatic rings. The number of alkyl halides is 3. The number of aromatic nitrogens is 3. The summed E-state index contributed by atoms with van der Waals surface area (Å²) >= 11 is 0. The van der Waals surface area contributed by atoms with Crippen LogP contribution in [0.25, 0.3) is 5.69 Å². The Morgan fingerprint density at radius 3 is 2.53 bits per heavy atom. The van der Waals surface area contributed by atoms with Crippen LogP contribution in [-0.4, -0.2) is 38.2 Å². The molecule has 2 heterocycles. The predicted octanol–water partition coefficient (Wildman–Crippen LogP) is 2.86. The van der Waals surface area contributed by atoms with Gasteiger partial charge in [-0.2, -0.15) is 0 Å². The van der Waals surface area contributed by atoms with Crippen LogP contribution < -0.4 is 10.4 Å². The predicted molar refractivity (Wildman–Crippen MR) is 97.7 cm³/mol. The van der Waals surface area contributed by atoms with Gasteiger partial charge in [-0.15, -0.1) is 13.2 Å². The van der Waals surface area contributed by atoms with Crippen molar-refractivity contribution in [3.8, 4) is 17.3 Å². The van der Waals surface area contributed by atoms with Gasteiger partial charge in [-0.25, -0.2) is 19.1 Å². The molecule has 0 atom stereocenters. The summed E-state index contributed by atoms with van der Waals surface area (Å²) in [6, 6.07) is 7.52. The zero-order valence-electron chi connectivity index (χ0n) is 15.6. The van der Waals surface area contributed by atoms with E-state index < -0.39 is 29.7 Å². The Morgan fingerprint density at radius 2 is 1.90 bits per heavy atom. The monoisotopic (exact) mass is 423 g/mol. The maximum absolute atomic E-state index is 12.7. The van der Waals surface area contributed by atoms with Gasteiger partial charge in [0, 0.05) is 6.20 Å². The summed E-state index contributed by atoms with van der Waals surface area (Å²) in [6.07, 6.45) is -2.27. The molecule has 0 aliphatic heterocycles. The fourth-order valence-electron chi connectivity index (χ4n) is 2.72. The van der Waals surface area contributed by atoms with Crippen molar-refractivity contribution in [2.75, 3.05) is 6.61 Å². The van der Waals surface area contributed by atoms with Gasteiger partial charge in [0.2, 0.25) is 5.88 Å². The van der Waals surface area contributed by atoms with E-state index in [1.54, 1.807) is 13.0 Å². The number of esters is 1. The summed E-state index contributed by atoms with van der Waals surface area (Å²) in [7, 11) is 0. The Balaban J connectivity index is 1.85. The first-order valence-corrected chi connectivity index (χ1v) is 8.67. The second kappa shape index (κ2) is 8.31. The number of aromatic hydroxyl groups is 1. The van der Waals surface area contributed by atoms with Crippen molar-refractivity contribution in [1.82, 2.24) is 14.1 Å². The molecular weight excluding hydrogens is 407 g/mol. The molecule has 1 N–H and O–H groups in total. The molecule has 0 fully saturated rings. The van der Waals surface area contributed by atoms with E-state index in [1.807, 2.05) is 0 Å². The SMILES string of the molecule is CCOC(=O)c1cc(Cn2cc(O)n(-c3ccc(OC(F)(F)F)cc3)c2=O)ccn1. The number of hydrogen-bond acceptors (Lipinski definition) is 6. The van der Waals surface area contributed by atoms with E-state index >= 15 is 0 Å². The Labute approximate surface area is 167 Å². The van der Waals surface area contributed by atoms with Gasteiger partial charge in [-0.1, -0.05) is 0 Å². The molecule has 3 rings (SSSR count). The second-order valence-electron chi connectivity index (χ2n) is 6.04. The van der Waals surface area contributed by atoms with Crippen LogP contribution in [0.1, 0.15) is 23.0 Å². The third-order valence-corrected chi connectivity index (χ3v) is 3.93. The van der Waals surface area contributed by atoms with Crippen molar-refractivity contribution in [3.63, 3.8) is 0 Å². The van der Waals surface area contributed by atoms with E-state index in [0.29, 0.717) is 5.56 Å². The molecule has 11 heteroatoms. The lowest BCUT2D eigenvalue weighted by Gasteiger charge is -2.09. The number of carbonyl (C=O) groups is 1. The Hall–Kier alpha value is -3.76. The standard InChI is InChI=1S/C19H16F3N3O5/c1-2-29-17(27)15-9-12(7-8-23-15)10-24-11-16(26)25(18(24)28)13-3-5-14(6-4-13)30-19(20,21)22/h3-9,11,26H,2,10H2,1H3. The molecule has 0 amide bonds. The largest absolute Gasteiger partial charge is 0.573 e. The molecule has 2 aromatic heterocycles. The van der Waals surface area contributed by atoms with Crippen LogP contribution in [0.4, 0.5) is 13.2 Å². The first kappa shape index (κ1) is 21.0. The molecule has 0 unspecified atom stereocenters. The summed E-state index contributed by atoms with van der Waals surface area (Å²) in [6.45, 7) is 1.87. The number of rotatable bonds is 6. The number of imidazole rings is 1. The number of nitrogens with zero attached hydrogens (tertiary/aromatic N) is 3.